The summed E-state index contributed by atoms with van der Waals surface area (Å²) in [5.41, 5.74) is 5.09. The largest absolute Gasteiger partial charge is 0.492 e. The molecule has 5 aromatic rings. The van der Waals surface area contributed by atoms with Crippen LogP contribution in [0.25, 0.3) is 11.1 Å². The van der Waals surface area contributed by atoms with Crippen molar-refractivity contribution in [3.63, 3.8) is 0 Å². The summed E-state index contributed by atoms with van der Waals surface area (Å²) in [6.07, 6.45) is 3.54. The molecule has 0 bridgehead atoms. The van der Waals surface area contributed by atoms with Crippen LogP contribution in [0.4, 0.5) is 22.7 Å². The Hall–Kier alpha value is -5.44. The molecule has 54 heavy (non-hydrogen) atoms. The molecule has 0 saturated carbocycles. The van der Waals surface area contributed by atoms with Gasteiger partial charge in [0, 0.05) is 61.7 Å². The standard InChI is InChI=1S/C40H40N6O6S2/c1-3-52-30-23-29(24-41-25-30)32-13-12-28(22-27(32)2)26-44-17-19-45(20-18-44)37-35(43-40(47)33-10-7-11-36-39(33)54(36,50)51)15-14-34(38(37)46(48)49)42-16-21-53-31-8-5-4-6-9-31/h4-15,22-25,42H,3,16-21,26H2,1-2H3,(H,43,47). The molecule has 0 unspecified atom stereocenters. The van der Waals surface area contributed by atoms with Gasteiger partial charge in [0.2, 0.25) is 9.84 Å². The van der Waals surface area contributed by atoms with E-state index in [1.165, 1.54) is 18.2 Å². The zero-order valence-corrected chi connectivity index (χ0v) is 31.6. The van der Waals surface area contributed by atoms with Gasteiger partial charge in [-0.3, -0.25) is 24.8 Å². The van der Waals surface area contributed by atoms with Gasteiger partial charge in [0.25, 0.3) is 5.91 Å². The van der Waals surface area contributed by atoms with Gasteiger partial charge in [-0.1, -0.05) is 42.5 Å². The van der Waals surface area contributed by atoms with Gasteiger partial charge in [-0.05, 0) is 73.0 Å². The van der Waals surface area contributed by atoms with Crippen LogP contribution in [0.15, 0.2) is 112 Å². The molecule has 14 heteroatoms. The first-order chi connectivity index (χ1) is 26.1. The number of nitro benzene ring substituents is 1. The van der Waals surface area contributed by atoms with E-state index in [4.69, 9.17) is 4.74 Å². The van der Waals surface area contributed by atoms with Crippen LogP contribution in [-0.4, -0.2) is 74.2 Å². The first kappa shape index (κ1) is 36.9. The van der Waals surface area contributed by atoms with Crippen molar-refractivity contribution in [1.29, 1.82) is 0 Å². The Bertz CT molecular complexity index is 2310. The number of nitro groups is 1. The van der Waals surface area contributed by atoms with Gasteiger partial charge < -0.3 is 20.3 Å². The van der Waals surface area contributed by atoms with E-state index in [0.29, 0.717) is 57.3 Å². The van der Waals surface area contributed by atoms with Crippen LogP contribution in [-0.2, 0) is 16.4 Å². The van der Waals surface area contributed by atoms with E-state index in [0.717, 1.165) is 32.9 Å². The Balaban J connectivity index is 1.10. The number of ether oxygens (including phenoxy) is 1. The highest BCUT2D eigenvalue weighted by Gasteiger charge is 2.43. The normalized spacial score (nSPS) is 14.6. The molecule has 278 valence electrons. The van der Waals surface area contributed by atoms with Crippen LogP contribution >= 0.6 is 11.8 Å². The maximum atomic E-state index is 13.5. The highest BCUT2D eigenvalue weighted by Crippen LogP contribution is 2.45. The highest BCUT2D eigenvalue weighted by molar-refractivity contribution is 7.99. The van der Waals surface area contributed by atoms with E-state index >= 15 is 0 Å². The lowest BCUT2D eigenvalue weighted by molar-refractivity contribution is -0.383. The molecule has 4 aromatic carbocycles. The molecule has 1 aromatic heterocycles. The maximum absolute atomic E-state index is 13.5. The van der Waals surface area contributed by atoms with Crippen molar-refractivity contribution >= 4 is 50.3 Å². The van der Waals surface area contributed by atoms with E-state index in [1.54, 1.807) is 30.1 Å². The fourth-order valence-electron chi connectivity index (χ4n) is 6.87. The second kappa shape index (κ2) is 15.9. The van der Waals surface area contributed by atoms with Crippen molar-refractivity contribution in [2.45, 2.75) is 35.1 Å². The molecule has 0 radical (unpaired) electrons. The van der Waals surface area contributed by atoms with Gasteiger partial charge in [0.15, 0.2) is 0 Å². The highest BCUT2D eigenvalue weighted by atomic mass is 32.2. The van der Waals surface area contributed by atoms with Crippen LogP contribution in [0, 0.1) is 17.0 Å². The molecule has 0 spiro atoms. The lowest BCUT2D eigenvalue weighted by Crippen LogP contribution is -2.46. The number of amides is 1. The number of pyridine rings is 1. The number of hydrogen-bond donors (Lipinski definition) is 2. The molecule has 3 heterocycles. The van der Waals surface area contributed by atoms with Gasteiger partial charge in [-0.25, -0.2) is 8.42 Å². The second-order valence-corrected chi connectivity index (χ2v) is 16.1. The number of rotatable bonds is 14. The molecule has 2 aliphatic rings. The quantitative estimate of drug-likeness (QED) is 0.0379. The SMILES string of the molecule is CCOc1cncc(-c2ccc(CN3CCN(c4c(NC(=O)c5cccc6c5S6(=O)=O)ccc(NCCSc5ccccc5)c4[N+](=O)[O-])CC3)cc2C)c1. The number of carbonyl (C=O) groups is 1. The van der Waals surface area contributed by atoms with Crippen molar-refractivity contribution in [3.8, 4) is 16.9 Å². The number of nitrogens with zero attached hydrogens (tertiary/aromatic N) is 4. The first-order valence-corrected chi connectivity index (χ1v) is 20.2. The van der Waals surface area contributed by atoms with E-state index < -0.39 is 20.7 Å². The molecule has 1 fully saturated rings. The molecular formula is C40H40N6O6S2. The summed E-state index contributed by atoms with van der Waals surface area (Å²) in [6, 6.07) is 26.0. The fourth-order valence-corrected chi connectivity index (χ4v) is 9.17. The summed E-state index contributed by atoms with van der Waals surface area (Å²) in [6.45, 7) is 7.96. The number of hydrogen-bond acceptors (Lipinski definition) is 11. The molecule has 1 saturated heterocycles. The van der Waals surface area contributed by atoms with E-state index in [2.05, 4.69) is 45.6 Å². The van der Waals surface area contributed by atoms with Crippen LogP contribution in [0.2, 0.25) is 0 Å². The topological polar surface area (TPSA) is 147 Å². The van der Waals surface area contributed by atoms with Crippen molar-refractivity contribution in [1.82, 2.24) is 9.88 Å². The Kier molecular flexibility index (Phi) is 10.9. The third-order valence-corrected chi connectivity index (χ3v) is 12.2. The number of nitrogens with one attached hydrogen (secondary N) is 2. The van der Waals surface area contributed by atoms with Gasteiger partial charge in [-0.15, -0.1) is 11.8 Å². The minimum Gasteiger partial charge on any atom is -0.492 e. The summed E-state index contributed by atoms with van der Waals surface area (Å²) in [4.78, 5) is 35.8. The average molecular weight is 765 g/mol. The molecule has 0 atom stereocenters. The summed E-state index contributed by atoms with van der Waals surface area (Å²) >= 11 is 1.64. The Labute approximate surface area is 318 Å². The molecule has 7 rings (SSSR count). The van der Waals surface area contributed by atoms with Gasteiger partial charge >= 0.3 is 5.69 Å². The predicted molar refractivity (Wildman–Crippen MR) is 212 cm³/mol. The lowest BCUT2D eigenvalue weighted by atomic mass is 9.99. The first-order valence-electron chi connectivity index (χ1n) is 17.7. The number of aromatic nitrogens is 1. The van der Waals surface area contributed by atoms with E-state index in [-0.39, 0.29) is 32.4 Å². The van der Waals surface area contributed by atoms with Gasteiger partial charge in [-0.2, -0.15) is 0 Å². The monoisotopic (exact) mass is 764 g/mol. The van der Waals surface area contributed by atoms with Crippen molar-refractivity contribution in [2.75, 3.05) is 60.6 Å². The summed E-state index contributed by atoms with van der Waals surface area (Å²) in [5, 5.41) is 18.9. The molecule has 12 nitrogen and oxygen atoms in total. The number of fused-ring (bicyclic) bond motifs is 1. The number of carbonyl (C=O) groups excluding carboxylic acids is 1. The summed E-state index contributed by atoms with van der Waals surface area (Å²) in [7, 11) is -3.60. The Morgan fingerprint density at radius 2 is 1.74 bits per heavy atom. The zero-order valence-electron chi connectivity index (χ0n) is 29.9. The summed E-state index contributed by atoms with van der Waals surface area (Å²) in [5.74, 6) is 0.771. The van der Waals surface area contributed by atoms with E-state index in [9.17, 15) is 23.3 Å². The molecule has 0 aliphatic carbocycles. The van der Waals surface area contributed by atoms with Gasteiger partial charge in [0.1, 0.15) is 22.0 Å². The Morgan fingerprint density at radius 1 is 0.963 bits per heavy atom. The maximum Gasteiger partial charge on any atom is 0.317 e. The van der Waals surface area contributed by atoms with E-state index in [1.807, 2.05) is 54.4 Å². The molecular weight excluding hydrogens is 725 g/mol. The minimum absolute atomic E-state index is 0.000307. The smallest absolute Gasteiger partial charge is 0.317 e. The number of anilines is 3. The second-order valence-electron chi connectivity index (χ2n) is 13.0. The van der Waals surface area contributed by atoms with Crippen molar-refractivity contribution in [2.24, 2.45) is 0 Å². The zero-order chi connectivity index (χ0) is 37.8. The fraction of sp³-hybridized carbons (Fsp3) is 0.250. The van der Waals surface area contributed by atoms with Gasteiger partial charge in [0.05, 0.1) is 33.9 Å². The average Bonchev–Trinajstić information content (AvgIpc) is 3.74. The lowest BCUT2D eigenvalue weighted by Gasteiger charge is -2.37. The number of thioether (sulfide) groups is 1. The third-order valence-electron chi connectivity index (χ3n) is 9.47. The molecule has 2 N–H and O–H groups in total. The number of benzene rings is 4. The third kappa shape index (κ3) is 7.91. The van der Waals surface area contributed by atoms with Crippen LogP contribution in [0.3, 0.4) is 0 Å². The van der Waals surface area contributed by atoms with Crippen molar-refractivity contribution < 1.29 is 22.9 Å². The Morgan fingerprint density at radius 3 is 2.48 bits per heavy atom. The van der Waals surface area contributed by atoms with Crippen LogP contribution in [0.1, 0.15) is 28.4 Å². The number of sulfone groups is 1. The van der Waals surface area contributed by atoms with Crippen LogP contribution in [0.5, 0.6) is 5.75 Å². The van der Waals surface area contributed by atoms with Crippen LogP contribution < -0.4 is 20.3 Å². The summed E-state index contributed by atoms with van der Waals surface area (Å²) < 4.78 is 30.5. The molecule has 1 amide bonds. The molecule has 2 aliphatic heterocycles. The number of aryl methyl sites for hydroxylation is 1. The van der Waals surface area contributed by atoms with Crippen molar-refractivity contribution in [3.05, 3.63) is 124 Å². The number of piperazine rings is 1. The predicted octanol–water partition coefficient (Wildman–Crippen LogP) is 7.29. The minimum atomic E-state index is -3.60.